The summed E-state index contributed by atoms with van der Waals surface area (Å²) in [6, 6.07) is 5.18. The standard InChI is InChI=1S/C13H15FN2S/c1-7-4-5-11(14)10(6-7)8(2)12-9(3)16-13(15)17-12/h4-6,8H,1-3H3,(H2,15,16). The van der Waals surface area contributed by atoms with Crippen molar-refractivity contribution in [1.29, 1.82) is 0 Å². The Hall–Kier alpha value is -1.42. The van der Waals surface area contributed by atoms with Crippen LogP contribution in [-0.4, -0.2) is 4.98 Å². The van der Waals surface area contributed by atoms with Gasteiger partial charge in [0.05, 0.1) is 5.69 Å². The number of benzene rings is 1. The van der Waals surface area contributed by atoms with Crippen molar-refractivity contribution in [3.05, 3.63) is 45.7 Å². The zero-order valence-corrected chi connectivity index (χ0v) is 10.9. The molecule has 0 saturated carbocycles. The van der Waals surface area contributed by atoms with Gasteiger partial charge in [-0.3, -0.25) is 0 Å². The number of aryl methyl sites for hydroxylation is 2. The molecule has 2 rings (SSSR count). The lowest BCUT2D eigenvalue weighted by Gasteiger charge is -2.12. The summed E-state index contributed by atoms with van der Waals surface area (Å²) in [5, 5.41) is 0.539. The van der Waals surface area contributed by atoms with Crippen molar-refractivity contribution >= 4 is 16.5 Å². The Morgan fingerprint density at radius 1 is 1.35 bits per heavy atom. The van der Waals surface area contributed by atoms with Crippen LogP contribution in [0.3, 0.4) is 0 Å². The molecule has 0 bridgehead atoms. The van der Waals surface area contributed by atoms with Crippen molar-refractivity contribution in [2.75, 3.05) is 5.73 Å². The second-order valence-electron chi connectivity index (χ2n) is 4.25. The number of halogens is 1. The zero-order valence-electron chi connectivity index (χ0n) is 10.1. The van der Waals surface area contributed by atoms with E-state index in [0.29, 0.717) is 10.7 Å². The van der Waals surface area contributed by atoms with E-state index in [2.05, 4.69) is 4.98 Å². The summed E-state index contributed by atoms with van der Waals surface area (Å²) in [5.74, 6) is -0.181. The average molecular weight is 250 g/mol. The van der Waals surface area contributed by atoms with E-state index in [1.807, 2.05) is 26.8 Å². The Morgan fingerprint density at radius 2 is 2.06 bits per heavy atom. The summed E-state index contributed by atoms with van der Waals surface area (Å²) < 4.78 is 13.8. The molecule has 2 aromatic rings. The number of hydrogen-bond acceptors (Lipinski definition) is 3. The Labute approximate surface area is 104 Å². The number of nitrogens with two attached hydrogens (primary N) is 1. The van der Waals surface area contributed by atoms with Gasteiger partial charge in [-0.15, -0.1) is 11.3 Å². The Bertz CT molecular complexity index is 548. The lowest BCUT2D eigenvalue weighted by atomic mass is 9.96. The fraction of sp³-hybridized carbons (Fsp3) is 0.308. The van der Waals surface area contributed by atoms with Crippen LogP contribution in [0.5, 0.6) is 0 Å². The summed E-state index contributed by atoms with van der Waals surface area (Å²) in [6.07, 6.45) is 0. The second-order valence-corrected chi connectivity index (χ2v) is 5.31. The van der Waals surface area contributed by atoms with Gasteiger partial charge >= 0.3 is 0 Å². The summed E-state index contributed by atoms with van der Waals surface area (Å²) in [4.78, 5) is 5.22. The molecule has 1 atom stereocenters. The maximum absolute atomic E-state index is 13.8. The third-order valence-electron chi connectivity index (χ3n) is 2.86. The summed E-state index contributed by atoms with van der Waals surface area (Å²) in [5.41, 5.74) is 8.33. The number of aromatic nitrogens is 1. The summed E-state index contributed by atoms with van der Waals surface area (Å²) >= 11 is 1.43. The Kier molecular flexibility index (Phi) is 3.15. The normalized spacial score (nSPS) is 12.7. The first-order chi connectivity index (χ1) is 7.99. The van der Waals surface area contributed by atoms with Gasteiger partial charge in [0, 0.05) is 10.8 Å². The molecule has 1 unspecified atom stereocenters. The average Bonchev–Trinajstić information content (AvgIpc) is 2.60. The first-order valence-electron chi connectivity index (χ1n) is 5.48. The van der Waals surface area contributed by atoms with E-state index in [1.54, 1.807) is 6.07 Å². The largest absolute Gasteiger partial charge is 0.375 e. The maximum atomic E-state index is 13.8. The van der Waals surface area contributed by atoms with Crippen LogP contribution < -0.4 is 5.73 Å². The molecule has 0 spiro atoms. The predicted octanol–water partition coefficient (Wildman–Crippen LogP) is 3.63. The van der Waals surface area contributed by atoms with Crippen molar-refractivity contribution in [2.24, 2.45) is 0 Å². The van der Waals surface area contributed by atoms with Gasteiger partial charge in [0.2, 0.25) is 0 Å². The molecular formula is C13H15FN2S. The number of nitrogen functional groups attached to an aromatic ring is 1. The van der Waals surface area contributed by atoms with Gasteiger partial charge in [0.25, 0.3) is 0 Å². The van der Waals surface area contributed by atoms with Crippen LogP contribution in [0, 0.1) is 19.7 Å². The molecule has 4 heteroatoms. The molecule has 0 aliphatic carbocycles. The van der Waals surface area contributed by atoms with Crippen molar-refractivity contribution in [3.8, 4) is 0 Å². The van der Waals surface area contributed by atoms with Crippen LogP contribution in [-0.2, 0) is 0 Å². The van der Waals surface area contributed by atoms with E-state index in [9.17, 15) is 4.39 Å². The van der Waals surface area contributed by atoms with Crippen molar-refractivity contribution in [3.63, 3.8) is 0 Å². The third-order valence-corrected chi connectivity index (χ3v) is 4.03. The molecule has 0 saturated heterocycles. The number of anilines is 1. The highest BCUT2D eigenvalue weighted by atomic mass is 32.1. The molecular weight excluding hydrogens is 235 g/mol. The van der Waals surface area contributed by atoms with Crippen LogP contribution in [0.1, 0.15) is 34.5 Å². The first kappa shape index (κ1) is 12.0. The number of rotatable bonds is 2. The molecule has 17 heavy (non-hydrogen) atoms. The van der Waals surface area contributed by atoms with Crippen molar-refractivity contribution in [2.45, 2.75) is 26.7 Å². The molecule has 0 aliphatic rings. The van der Waals surface area contributed by atoms with Crippen molar-refractivity contribution < 1.29 is 4.39 Å². The molecule has 90 valence electrons. The van der Waals surface area contributed by atoms with Crippen LogP contribution in [0.4, 0.5) is 9.52 Å². The highest BCUT2D eigenvalue weighted by molar-refractivity contribution is 7.15. The van der Waals surface area contributed by atoms with Crippen LogP contribution in [0.2, 0.25) is 0 Å². The molecule has 0 amide bonds. The predicted molar refractivity (Wildman–Crippen MR) is 69.9 cm³/mol. The minimum atomic E-state index is -0.172. The zero-order chi connectivity index (χ0) is 12.6. The second kappa shape index (κ2) is 4.45. The van der Waals surface area contributed by atoms with Gasteiger partial charge in [0.15, 0.2) is 5.13 Å². The van der Waals surface area contributed by atoms with E-state index in [1.165, 1.54) is 17.4 Å². The Morgan fingerprint density at radius 3 is 2.65 bits per heavy atom. The minimum Gasteiger partial charge on any atom is -0.375 e. The van der Waals surface area contributed by atoms with Crippen LogP contribution >= 0.6 is 11.3 Å². The number of thiazole rings is 1. The Balaban J connectivity index is 2.46. The van der Waals surface area contributed by atoms with E-state index in [-0.39, 0.29) is 11.7 Å². The summed E-state index contributed by atoms with van der Waals surface area (Å²) in [6.45, 7) is 5.85. The van der Waals surface area contributed by atoms with Crippen LogP contribution in [0.15, 0.2) is 18.2 Å². The molecule has 1 aromatic carbocycles. The van der Waals surface area contributed by atoms with E-state index < -0.39 is 0 Å². The first-order valence-corrected chi connectivity index (χ1v) is 6.29. The lowest BCUT2D eigenvalue weighted by molar-refractivity contribution is 0.603. The van der Waals surface area contributed by atoms with Crippen LogP contribution in [0.25, 0.3) is 0 Å². The quantitative estimate of drug-likeness (QED) is 0.884. The van der Waals surface area contributed by atoms with E-state index in [0.717, 1.165) is 16.1 Å². The van der Waals surface area contributed by atoms with E-state index in [4.69, 9.17) is 5.73 Å². The molecule has 0 fully saturated rings. The van der Waals surface area contributed by atoms with Crippen molar-refractivity contribution in [1.82, 2.24) is 4.98 Å². The van der Waals surface area contributed by atoms with Gasteiger partial charge < -0.3 is 5.73 Å². The van der Waals surface area contributed by atoms with Gasteiger partial charge in [0.1, 0.15) is 5.82 Å². The molecule has 1 heterocycles. The number of nitrogens with zero attached hydrogens (tertiary/aromatic N) is 1. The van der Waals surface area contributed by atoms with Gasteiger partial charge in [-0.2, -0.15) is 0 Å². The van der Waals surface area contributed by atoms with Gasteiger partial charge in [-0.25, -0.2) is 9.37 Å². The molecule has 0 radical (unpaired) electrons. The van der Waals surface area contributed by atoms with E-state index >= 15 is 0 Å². The third kappa shape index (κ3) is 2.31. The fourth-order valence-corrected chi connectivity index (χ4v) is 2.87. The minimum absolute atomic E-state index is 0.00954. The lowest BCUT2D eigenvalue weighted by Crippen LogP contribution is -1.99. The highest BCUT2D eigenvalue weighted by Crippen LogP contribution is 2.34. The molecule has 1 aromatic heterocycles. The monoisotopic (exact) mass is 250 g/mol. The SMILES string of the molecule is Cc1ccc(F)c(C(C)c2sc(N)nc2C)c1. The molecule has 0 aliphatic heterocycles. The molecule has 2 N–H and O–H groups in total. The summed E-state index contributed by atoms with van der Waals surface area (Å²) in [7, 11) is 0. The number of hydrogen-bond donors (Lipinski definition) is 1. The van der Waals surface area contributed by atoms with Gasteiger partial charge in [-0.1, -0.05) is 24.6 Å². The topological polar surface area (TPSA) is 38.9 Å². The smallest absolute Gasteiger partial charge is 0.180 e. The maximum Gasteiger partial charge on any atom is 0.180 e. The molecule has 2 nitrogen and oxygen atoms in total. The fourth-order valence-electron chi connectivity index (χ4n) is 1.97. The highest BCUT2D eigenvalue weighted by Gasteiger charge is 2.18. The van der Waals surface area contributed by atoms with Gasteiger partial charge in [-0.05, 0) is 25.5 Å².